The third kappa shape index (κ3) is 2.24. The molecule has 5 heteroatoms. The molecule has 0 N–H and O–H groups in total. The van der Waals surface area contributed by atoms with Crippen molar-refractivity contribution in [3.63, 3.8) is 0 Å². The predicted octanol–water partition coefficient (Wildman–Crippen LogP) is 3.31. The molecule has 0 amide bonds. The first kappa shape index (κ1) is 12.3. The Morgan fingerprint density at radius 2 is 2.24 bits per heavy atom. The Labute approximate surface area is 122 Å². The number of aromatic nitrogens is 3. The first-order valence-electron chi connectivity index (χ1n) is 7.13. The van der Waals surface area contributed by atoms with Gasteiger partial charge in [-0.2, -0.15) is 0 Å². The summed E-state index contributed by atoms with van der Waals surface area (Å²) < 4.78 is 11.0. The van der Waals surface area contributed by atoms with Crippen molar-refractivity contribution in [2.75, 3.05) is 0 Å². The summed E-state index contributed by atoms with van der Waals surface area (Å²) in [6.45, 7) is 1.88. The number of oxazole rings is 1. The third-order valence-electron chi connectivity index (χ3n) is 3.88. The maximum atomic E-state index is 5.82. The monoisotopic (exact) mass is 281 g/mol. The zero-order chi connectivity index (χ0) is 14.2. The van der Waals surface area contributed by atoms with E-state index in [1.807, 2.05) is 31.3 Å². The van der Waals surface area contributed by atoms with Gasteiger partial charge in [0.2, 0.25) is 5.76 Å². The van der Waals surface area contributed by atoms with E-state index in [4.69, 9.17) is 8.94 Å². The van der Waals surface area contributed by atoms with Gasteiger partial charge in [-0.05, 0) is 25.5 Å². The van der Waals surface area contributed by atoms with Crippen LogP contribution in [-0.2, 0) is 12.8 Å². The van der Waals surface area contributed by atoms with Crippen LogP contribution in [0.3, 0.4) is 0 Å². The van der Waals surface area contributed by atoms with Crippen molar-refractivity contribution in [3.8, 4) is 11.7 Å². The van der Waals surface area contributed by atoms with Gasteiger partial charge in [0.05, 0.1) is 11.4 Å². The number of nitrogens with zero attached hydrogens (tertiary/aromatic N) is 3. The minimum atomic E-state index is 0.410. The predicted molar refractivity (Wildman–Crippen MR) is 75.7 cm³/mol. The minimum absolute atomic E-state index is 0.410. The largest absolute Gasteiger partial charge is 0.438 e. The fraction of sp³-hybridized carbons (Fsp3) is 0.312. The molecular formula is C16H15N3O2. The van der Waals surface area contributed by atoms with Gasteiger partial charge < -0.3 is 8.94 Å². The molecule has 5 nitrogen and oxygen atoms in total. The van der Waals surface area contributed by atoms with Crippen LogP contribution in [0, 0.1) is 6.92 Å². The highest BCUT2D eigenvalue weighted by Crippen LogP contribution is 2.34. The Morgan fingerprint density at radius 1 is 1.29 bits per heavy atom. The topological polar surface area (TPSA) is 65.0 Å². The number of aryl methyl sites for hydroxylation is 2. The van der Waals surface area contributed by atoms with Crippen molar-refractivity contribution in [1.29, 1.82) is 0 Å². The quantitative estimate of drug-likeness (QED) is 0.721. The molecule has 0 saturated heterocycles. The molecule has 3 aromatic heterocycles. The Hall–Kier alpha value is -2.43. The molecule has 1 atom stereocenters. The second-order valence-corrected chi connectivity index (χ2v) is 5.42. The van der Waals surface area contributed by atoms with E-state index in [2.05, 4.69) is 21.2 Å². The van der Waals surface area contributed by atoms with E-state index in [-0.39, 0.29) is 0 Å². The van der Waals surface area contributed by atoms with E-state index < -0.39 is 0 Å². The molecule has 0 aromatic carbocycles. The van der Waals surface area contributed by atoms with E-state index >= 15 is 0 Å². The molecule has 0 spiro atoms. The molecule has 1 aliphatic carbocycles. The van der Waals surface area contributed by atoms with Crippen LogP contribution >= 0.6 is 0 Å². The Kier molecular flexibility index (Phi) is 2.84. The van der Waals surface area contributed by atoms with Crippen molar-refractivity contribution in [3.05, 3.63) is 53.3 Å². The Morgan fingerprint density at radius 3 is 3.00 bits per heavy atom. The summed E-state index contributed by atoms with van der Waals surface area (Å²) in [5.41, 5.74) is 2.97. The standard InChI is InChI=1S/C16H15N3O2/c1-10-8-15(21-19-10)16-18-13-9-11(5-6-14(13)20-16)12-4-2-3-7-17-12/h2-4,7-8,11H,5-6,9H2,1H3. The molecule has 0 bridgehead atoms. The molecule has 0 fully saturated rings. The van der Waals surface area contributed by atoms with E-state index in [0.29, 0.717) is 17.6 Å². The fourth-order valence-corrected chi connectivity index (χ4v) is 2.82. The SMILES string of the molecule is Cc1cc(-c2nc3c(o2)CCC(c2ccccn2)C3)on1. The maximum Gasteiger partial charge on any atom is 0.266 e. The van der Waals surface area contributed by atoms with Crippen molar-refractivity contribution >= 4 is 0 Å². The molecule has 4 rings (SSSR count). The second kappa shape index (κ2) is 4.84. The van der Waals surface area contributed by atoms with Gasteiger partial charge in [0, 0.05) is 36.7 Å². The summed E-state index contributed by atoms with van der Waals surface area (Å²) in [5, 5.41) is 3.88. The summed E-state index contributed by atoms with van der Waals surface area (Å²) in [6.07, 6.45) is 4.63. The first-order valence-corrected chi connectivity index (χ1v) is 7.13. The highest BCUT2D eigenvalue weighted by atomic mass is 16.5. The van der Waals surface area contributed by atoms with Crippen LogP contribution in [0.4, 0.5) is 0 Å². The van der Waals surface area contributed by atoms with Crippen LogP contribution in [0.2, 0.25) is 0 Å². The molecule has 21 heavy (non-hydrogen) atoms. The molecule has 0 radical (unpaired) electrons. The number of rotatable bonds is 2. The van der Waals surface area contributed by atoms with Gasteiger partial charge in [0.15, 0.2) is 0 Å². The zero-order valence-corrected chi connectivity index (χ0v) is 11.7. The lowest BCUT2D eigenvalue weighted by Crippen LogP contribution is -2.13. The van der Waals surface area contributed by atoms with Crippen LogP contribution in [0.5, 0.6) is 0 Å². The van der Waals surface area contributed by atoms with Crippen molar-refractivity contribution < 1.29 is 8.94 Å². The van der Waals surface area contributed by atoms with Gasteiger partial charge in [-0.3, -0.25) is 4.98 Å². The third-order valence-corrected chi connectivity index (χ3v) is 3.88. The number of hydrogen-bond donors (Lipinski definition) is 0. The lowest BCUT2D eigenvalue weighted by Gasteiger charge is -2.19. The van der Waals surface area contributed by atoms with Gasteiger partial charge in [-0.15, -0.1) is 0 Å². The highest BCUT2D eigenvalue weighted by molar-refractivity contribution is 5.45. The van der Waals surface area contributed by atoms with Gasteiger partial charge >= 0.3 is 0 Å². The zero-order valence-electron chi connectivity index (χ0n) is 11.7. The lowest BCUT2D eigenvalue weighted by atomic mass is 9.87. The van der Waals surface area contributed by atoms with Crippen molar-refractivity contribution in [2.45, 2.75) is 32.1 Å². The number of pyridine rings is 1. The second-order valence-electron chi connectivity index (χ2n) is 5.42. The lowest BCUT2D eigenvalue weighted by molar-refractivity contribution is 0.402. The van der Waals surface area contributed by atoms with Crippen LogP contribution in [-0.4, -0.2) is 15.1 Å². The summed E-state index contributed by atoms with van der Waals surface area (Å²) in [7, 11) is 0. The van der Waals surface area contributed by atoms with E-state index in [1.165, 1.54) is 0 Å². The average molecular weight is 281 g/mol. The number of hydrogen-bond acceptors (Lipinski definition) is 5. The highest BCUT2D eigenvalue weighted by Gasteiger charge is 2.27. The normalized spacial score (nSPS) is 17.7. The van der Waals surface area contributed by atoms with Crippen LogP contribution in [0.15, 0.2) is 39.4 Å². The van der Waals surface area contributed by atoms with Crippen LogP contribution in [0.1, 0.15) is 35.2 Å². The molecule has 106 valence electrons. The molecular weight excluding hydrogens is 266 g/mol. The van der Waals surface area contributed by atoms with Gasteiger partial charge in [0.1, 0.15) is 5.76 Å². The van der Waals surface area contributed by atoms with E-state index in [9.17, 15) is 0 Å². The molecule has 1 unspecified atom stereocenters. The van der Waals surface area contributed by atoms with Gasteiger partial charge in [0.25, 0.3) is 5.89 Å². The van der Waals surface area contributed by atoms with E-state index in [1.54, 1.807) is 0 Å². The maximum absolute atomic E-state index is 5.82. The summed E-state index contributed by atoms with van der Waals surface area (Å²) in [6, 6.07) is 7.89. The first-order chi connectivity index (χ1) is 10.3. The van der Waals surface area contributed by atoms with Crippen molar-refractivity contribution in [1.82, 2.24) is 15.1 Å². The van der Waals surface area contributed by atoms with Crippen LogP contribution in [0.25, 0.3) is 11.7 Å². The average Bonchev–Trinajstić information content (AvgIpc) is 3.13. The Bertz CT molecular complexity index is 761. The summed E-state index contributed by atoms with van der Waals surface area (Å²) in [5.74, 6) is 2.50. The van der Waals surface area contributed by atoms with E-state index in [0.717, 1.165) is 42.1 Å². The minimum Gasteiger partial charge on any atom is -0.438 e. The molecule has 1 aliphatic rings. The number of fused-ring (bicyclic) bond motifs is 1. The van der Waals surface area contributed by atoms with Gasteiger partial charge in [-0.1, -0.05) is 11.2 Å². The summed E-state index contributed by atoms with van der Waals surface area (Å²) in [4.78, 5) is 9.04. The molecule has 0 saturated carbocycles. The molecule has 3 heterocycles. The van der Waals surface area contributed by atoms with Crippen molar-refractivity contribution in [2.24, 2.45) is 0 Å². The van der Waals surface area contributed by atoms with Crippen LogP contribution < -0.4 is 0 Å². The Balaban J connectivity index is 1.63. The summed E-state index contributed by atoms with van der Waals surface area (Å²) >= 11 is 0. The molecule has 3 aromatic rings. The fourth-order valence-electron chi connectivity index (χ4n) is 2.82. The smallest absolute Gasteiger partial charge is 0.266 e. The molecule has 0 aliphatic heterocycles. The van der Waals surface area contributed by atoms with Gasteiger partial charge in [-0.25, -0.2) is 4.98 Å².